The highest BCUT2D eigenvalue weighted by molar-refractivity contribution is 5.60. The Bertz CT molecular complexity index is 1010. The van der Waals surface area contributed by atoms with Gasteiger partial charge in [0.1, 0.15) is 5.82 Å². The van der Waals surface area contributed by atoms with E-state index in [1.165, 1.54) is 5.56 Å². The van der Waals surface area contributed by atoms with Crippen LogP contribution < -0.4 is 9.80 Å². The lowest BCUT2D eigenvalue weighted by Gasteiger charge is -2.38. The first-order valence-corrected chi connectivity index (χ1v) is 10.5. The third kappa shape index (κ3) is 3.63. The summed E-state index contributed by atoms with van der Waals surface area (Å²) in [6.45, 7) is 3.32. The Morgan fingerprint density at radius 3 is 2.70 bits per heavy atom. The number of nitrogens with zero attached hydrogens (tertiary/aromatic N) is 6. The smallest absolute Gasteiger partial charge is 0.151 e. The summed E-state index contributed by atoms with van der Waals surface area (Å²) in [4.78, 5) is 4.65. The lowest BCUT2D eigenvalue weighted by molar-refractivity contribution is 0.269. The minimum absolute atomic E-state index is 0.0552. The lowest BCUT2D eigenvalue weighted by Crippen LogP contribution is -2.44. The Balaban J connectivity index is 1.22. The highest BCUT2D eigenvalue weighted by Gasteiger charge is 2.30. The van der Waals surface area contributed by atoms with E-state index in [0.29, 0.717) is 12.6 Å². The normalized spacial score (nSPS) is 16.9. The molecule has 1 saturated heterocycles. The van der Waals surface area contributed by atoms with Gasteiger partial charge >= 0.3 is 0 Å². The predicted octanol–water partition coefficient (Wildman–Crippen LogP) is 2.50. The highest BCUT2D eigenvalue weighted by atomic mass is 19.1. The predicted molar refractivity (Wildman–Crippen MR) is 113 cm³/mol. The first-order chi connectivity index (χ1) is 14.7. The van der Waals surface area contributed by atoms with Crippen molar-refractivity contribution in [2.24, 2.45) is 0 Å². The Kier molecular flexibility index (Phi) is 5.08. The van der Waals surface area contributed by atoms with E-state index in [0.717, 1.165) is 61.7 Å². The minimum atomic E-state index is -0.157. The van der Waals surface area contributed by atoms with Crippen molar-refractivity contribution in [2.45, 2.75) is 31.8 Å². The summed E-state index contributed by atoms with van der Waals surface area (Å²) in [6.07, 6.45) is 6.64. The van der Waals surface area contributed by atoms with Crippen LogP contribution in [0.3, 0.4) is 0 Å². The second-order valence-corrected chi connectivity index (χ2v) is 7.93. The number of anilines is 2. The van der Waals surface area contributed by atoms with Crippen molar-refractivity contribution in [2.75, 3.05) is 36.0 Å². The zero-order valence-electron chi connectivity index (χ0n) is 16.8. The molecule has 7 nitrogen and oxygen atoms in total. The van der Waals surface area contributed by atoms with Crippen LogP contribution in [0.25, 0.3) is 11.3 Å². The van der Waals surface area contributed by atoms with Crippen LogP contribution >= 0.6 is 0 Å². The largest absolute Gasteiger partial charge is 0.394 e. The number of benzene rings is 1. The number of fused-ring (bicyclic) bond motifs is 1. The summed E-state index contributed by atoms with van der Waals surface area (Å²) in [5, 5.41) is 22.0. The summed E-state index contributed by atoms with van der Waals surface area (Å²) in [5.41, 5.74) is 3.98. The minimum Gasteiger partial charge on any atom is -0.394 e. The second kappa shape index (κ2) is 8.02. The first kappa shape index (κ1) is 19.0. The van der Waals surface area contributed by atoms with Gasteiger partial charge in [0.05, 0.1) is 25.0 Å². The number of hydrogen-bond acceptors (Lipinski definition) is 6. The van der Waals surface area contributed by atoms with E-state index in [1.54, 1.807) is 23.0 Å². The quantitative estimate of drug-likeness (QED) is 0.700. The third-order valence-electron chi connectivity index (χ3n) is 6.12. The Morgan fingerprint density at radius 2 is 1.93 bits per heavy atom. The molecule has 30 heavy (non-hydrogen) atoms. The molecular weight excluding hydrogens is 383 g/mol. The van der Waals surface area contributed by atoms with Crippen molar-refractivity contribution < 1.29 is 9.50 Å². The number of hydrogen-bond donors (Lipinski definition) is 1. The van der Waals surface area contributed by atoms with Crippen molar-refractivity contribution in [3.05, 3.63) is 54.1 Å². The molecule has 0 atom stereocenters. The maximum atomic E-state index is 13.7. The maximum absolute atomic E-state index is 13.7. The topological polar surface area (TPSA) is 70.3 Å². The number of aromatic nitrogens is 4. The molecule has 156 valence electrons. The molecule has 4 heterocycles. The molecule has 0 radical (unpaired) electrons. The molecule has 2 aromatic heterocycles. The first-order valence-electron chi connectivity index (χ1n) is 10.5. The maximum Gasteiger partial charge on any atom is 0.151 e. The number of aliphatic hydroxyl groups excluding tert-OH is 1. The Labute approximate surface area is 174 Å². The molecule has 2 aliphatic rings. The fourth-order valence-corrected chi connectivity index (χ4v) is 4.53. The average Bonchev–Trinajstić information content (AvgIpc) is 3.41. The van der Waals surface area contributed by atoms with Gasteiger partial charge in [0, 0.05) is 43.1 Å². The average molecular weight is 408 g/mol. The summed E-state index contributed by atoms with van der Waals surface area (Å²) < 4.78 is 15.4. The van der Waals surface area contributed by atoms with Gasteiger partial charge < -0.3 is 14.9 Å². The summed E-state index contributed by atoms with van der Waals surface area (Å²) >= 11 is 0. The summed E-state index contributed by atoms with van der Waals surface area (Å²) in [6, 6.07) is 9.58. The monoisotopic (exact) mass is 408 g/mol. The van der Waals surface area contributed by atoms with E-state index in [4.69, 9.17) is 5.11 Å². The SMILES string of the molecule is OCCn1cc(-c2ccc(N3CCC(N4CCc5ccc(F)cc54)CC3)nn2)cn1. The van der Waals surface area contributed by atoms with Crippen LogP contribution in [0, 0.1) is 5.82 Å². The molecular formula is C22H25FN6O. The van der Waals surface area contributed by atoms with Crippen LogP contribution in [0.2, 0.25) is 0 Å². The number of aliphatic hydroxyl groups is 1. The fourth-order valence-electron chi connectivity index (χ4n) is 4.53. The van der Waals surface area contributed by atoms with Crippen molar-refractivity contribution in [3.8, 4) is 11.3 Å². The van der Waals surface area contributed by atoms with Gasteiger partial charge in [0.2, 0.25) is 0 Å². The van der Waals surface area contributed by atoms with Crippen LogP contribution in [0.5, 0.6) is 0 Å². The standard InChI is InChI=1S/C22H25FN6O/c23-18-2-1-16-5-10-29(21(16)13-18)19-6-8-27(9-7-19)22-4-3-20(25-26-22)17-14-24-28(15-17)11-12-30/h1-4,13-15,19,30H,5-12H2. The summed E-state index contributed by atoms with van der Waals surface area (Å²) in [5.74, 6) is 0.725. The molecule has 0 spiro atoms. The van der Waals surface area contributed by atoms with Crippen LogP contribution in [0.15, 0.2) is 42.7 Å². The number of rotatable bonds is 5. The molecule has 2 aliphatic heterocycles. The molecule has 5 rings (SSSR count). The van der Waals surface area contributed by atoms with Gasteiger partial charge in [-0.3, -0.25) is 4.68 Å². The van der Waals surface area contributed by atoms with Crippen LogP contribution in [0.4, 0.5) is 15.9 Å². The molecule has 0 unspecified atom stereocenters. The van der Waals surface area contributed by atoms with E-state index < -0.39 is 0 Å². The molecule has 1 N–H and O–H groups in total. The number of halogens is 1. The molecule has 0 amide bonds. The summed E-state index contributed by atoms with van der Waals surface area (Å²) in [7, 11) is 0. The van der Waals surface area contributed by atoms with Crippen LogP contribution in [0.1, 0.15) is 18.4 Å². The van der Waals surface area contributed by atoms with E-state index >= 15 is 0 Å². The van der Waals surface area contributed by atoms with Crippen molar-refractivity contribution >= 4 is 11.5 Å². The zero-order valence-corrected chi connectivity index (χ0v) is 16.8. The van der Waals surface area contributed by atoms with Crippen molar-refractivity contribution in [1.82, 2.24) is 20.0 Å². The lowest BCUT2D eigenvalue weighted by atomic mass is 10.0. The van der Waals surface area contributed by atoms with Gasteiger partial charge in [-0.1, -0.05) is 6.07 Å². The highest BCUT2D eigenvalue weighted by Crippen LogP contribution is 2.33. The molecule has 1 fully saturated rings. The van der Waals surface area contributed by atoms with Gasteiger partial charge in [-0.15, -0.1) is 10.2 Å². The third-order valence-corrected chi connectivity index (χ3v) is 6.12. The van der Waals surface area contributed by atoms with E-state index in [1.807, 2.05) is 24.4 Å². The van der Waals surface area contributed by atoms with Crippen molar-refractivity contribution in [1.29, 1.82) is 0 Å². The fraction of sp³-hybridized carbons (Fsp3) is 0.409. The molecule has 8 heteroatoms. The van der Waals surface area contributed by atoms with Crippen molar-refractivity contribution in [3.63, 3.8) is 0 Å². The Hall–Kier alpha value is -3.00. The van der Waals surface area contributed by atoms with Gasteiger partial charge in [-0.25, -0.2) is 4.39 Å². The zero-order chi connectivity index (χ0) is 20.5. The second-order valence-electron chi connectivity index (χ2n) is 7.93. The molecule has 3 aromatic rings. The molecule has 0 bridgehead atoms. The molecule has 0 saturated carbocycles. The van der Waals surface area contributed by atoms with Gasteiger partial charge in [0.15, 0.2) is 5.82 Å². The Morgan fingerprint density at radius 1 is 1.07 bits per heavy atom. The molecule has 1 aromatic carbocycles. The van der Waals surface area contributed by atoms with Crippen LogP contribution in [-0.2, 0) is 13.0 Å². The van der Waals surface area contributed by atoms with E-state index in [-0.39, 0.29) is 12.4 Å². The van der Waals surface area contributed by atoms with Gasteiger partial charge in [-0.2, -0.15) is 5.10 Å². The van der Waals surface area contributed by atoms with E-state index in [9.17, 15) is 4.39 Å². The van der Waals surface area contributed by atoms with Crippen LogP contribution in [-0.4, -0.2) is 57.4 Å². The van der Waals surface area contributed by atoms with Gasteiger partial charge in [0.25, 0.3) is 0 Å². The van der Waals surface area contributed by atoms with E-state index in [2.05, 4.69) is 25.1 Å². The van der Waals surface area contributed by atoms with Gasteiger partial charge in [-0.05, 0) is 49.1 Å². The number of piperidine rings is 1. The molecule has 0 aliphatic carbocycles.